The molecule has 0 spiro atoms. The van der Waals surface area contributed by atoms with Gasteiger partial charge in [-0.1, -0.05) is 12.1 Å². The Balaban J connectivity index is 1.57. The highest BCUT2D eigenvalue weighted by Crippen LogP contribution is 2.37. The van der Waals surface area contributed by atoms with E-state index < -0.39 is 0 Å². The van der Waals surface area contributed by atoms with Crippen molar-refractivity contribution in [3.63, 3.8) is 0 Å². The lowest BCUT2D eigenvalue weighted by Crippen LogP contribution is -2.36. The van der Waals surface area contributed by atoms with Crippen LogP contribution in [0.3, 0.4) is 0 Å². The van der Waals surface area contributed by atoms with Crippen molar-refractivity contribution < 1.29 is 9.53 Å². The van der Waals surface area contributed by atoms with Crippen LogP contribution in [-0.4, -0.2) is 74.1 Å². The molecule has 0 saturated carbocycles. The molecule has 1 saturated heterocycles. The Labute approximate surface area is 201 Å². The maximum atomic E-state index is 12.5. The van der Waals surface area contributed by atoms with Gasteiger partial charge in [-0.05, 0) is 74.7 Å². The van der Waals surface area contributed by atoms with Gasteiger partial charge < -0.3 is 19.5 Å². The molecule has 0 radical (unpaired) electrons. The standard InChI is InChI=1S/C26H34N4O2S/c1-19-7-8-20-16-24(27-23(20)15-19)22-17-21(9-10-25(22)30-11-5-6-12-30)33-29(3)18-26(31)28(2)13-14-32-4/h7-10,15-17,27H,5-6,11-14,18H2,1-4H3. The van der Waals surface area contributed by atoms with Crippen LogP contribution >= 0.6 is 11.9 Å². The zero-order valence-corrected chi connectivity index (χ0v) is 20.9. The average Bonchev–Trinajstić information content (AvgIpc) is 3.47. The number of nitrogens with zero attached hydrogens (tertiary/aromatic N) is 3. The second-order valence-electron chi connectivity index (χ2n) is 8.83. The monoisotopic (exact) mass is 466 g/mol. The number of hydrogen-bond donors (Lipinski definition) is 1. The molecule has 176 valence electrons. The maximum absolute atomic E-state index is 12.5. The topological polar surface area (TPSA) is 51.8 Å². The molecule has 1 fully saturated rings. The number of fused-ring (bicyclic) bond motifs is 1. The molecule has 6 nitrogen and oxygen atoms in total. The Morgan fingerprint density at radius 1 is 1.12 bits per heavy atom. The zero-order chi connectivity index (χ0) is 23.4. The highest BCUT2D eigenvalue weighted by Gasteiger charge is 2.19. The number of H-pyrrole nitrogens is 1. The fourth-order valence-corrected chi connectivity index (χ4v) is 5.12. The molecule has 3 aromatic rings. The number of aryl methyl sites for hydroxylation is 1. The van der Waals surface area contributed by atoms with Gasteiger partial charge in [0.1, 0.15) is 0 Å². The third-order valence-corrected chi connectivity index (χ3v) is 7.06. The number of benzene rings is 2. The van der Waals surface area contributed by atoms with E-state index in [1.54, 1.807) is 24.0 Å². The number of anilines is 1. The lowest BCUT2D eigenvalue weighted by Gasteiger charge is -2.23. The Kier molecular flexibility index (Phi) is 7.63. The molecule has 0 atom stereocenters. The van der Waals surface area contributed by atoms with Crippen LogP contribution in [0.5, 0.6) is 0 Å². The van der Waals surface area contributed by atoms with Crippen molar-refractivity contribution in [2.24, 2.45) is 0 Å². The van der Waals surface area contributed by atoms with E-state index in [9.17, 15) is 4.79 Å². The molecule has 2 aromatic carbocycles. The van der Waals surface area contributed by atoms with Gasteiger partial charge in [-0.3, -0.25) is 4.79 Å². The number of likely N-dealkylation sites (N-methyl/N-ethyl adjacent to an activating group) is 2. The van der Waals surface area contributed by atoms with Crippen molar-refractivity contribution in [1.82, 2.24) is 14.2 Å². The summed E-state index contributed by atoms with van der Waals surface area (Å²) in [6, 6.07) is 15.4. The smallest absolute Gasteiger partial charge is 0.237 e. The summed E-state index contributed by atoms with van der Waals surface area (Å²) in [5.74, 6) is 0.0851. The normalized spacial score (nSPS) is 13.9. The molecule has 1 aliphatic rings. The van der Waals surface area contributed by atoms with Crippen molar-refractivity contribution in [2.75, 3.05) is 58.9 Å². The van der Waals surface area contributed by atoms with Crippen LogP contribution in [0.2, 0.25) is 0 Å². The van der Waals surface area contributed by atoms with Gasteiger partial charge in [0.2, 0.25) is 5.91 Å². The summed E-state index contributed by atoms with van der Waals surface area (Å²) < 4.78 is 7.08. The Hall–Kier alpha value is -2.48. The van der Waals surface area contributed by atoms with Gasteiger partial charge in [-0.2, -0.15) is 0 Å². The largest absolute Gasteiger partial charge is 0.383 e. The zero-order valence-electron chi connectivity index (χ0n) is 20.1. The van der Waals surface area contributed by atoms with Crippen LogP contribution in [0, 0.1) is 6.92 Å². The number of rotatable bonds is 9. The summed E-state index contributed by atoms with van der Waals surface area (Å²) in [5, 5.41) is 1.22. The molecule has 1 N–H and O–H groups in total. The van der Waals surface area contributed by atoms with E-state index >= 15 is 0 Å². The number of amides is 1. The third-order valence-electron chi connectivity index (χ3n) is 6.16. The quantitative estimate of drug-likeness (QED) is 0.460. The number of aromatic nitrogens is 1. The van der Waals surface area contributed by atoms with Crippen LogP contribution < -0.4 is 4.90 Å². The Morgan fingerprint density at radius 2 is 1.91 bits per heavy atom. The van der Waals surface area contributed by atoms with E-state index in [0.29, 0.717) is 19.7 Å². The Morgan fingerprint density at radius 3 is 2.67 bits per heavy atom. The first-order chi connectivity index (χ1) is 15.9. The lowest BCUT2D eigenvalue weighted by molar-refractivity contribution is -0.130. The molecule has 2 heterocycles. The molecule has 33 heavy (non-hydrogen) atoms. The Bertz CT molecular complexity index is 1110. The summed E-state index contributed by atoms with van der Waals surface area (Å²) in [4.78, 5) is 21.5. The fraction of sp³-hybridized carbons (Fsp3) is 0.423. The number of aromatic amines is 1. The highest BCUT2D eigenvalue weighted by molar-refractivity contribution is 7.97. The number of ether oxygens (including phenoxy) is 1. The molecule has 0 bridgehead atoms. The fourth-order valence-electron chi connectivity index (χ4n) is 4.28. The first-order valence-corrected chi connectivity index (χ1v) is 12.3. The van der Waals surface area contributed by atoms with E-state index in [0.717, 1.165) is 29.2 Å². The molecule has 1 aromatic heterocycles. The van der Waals surface area contributed by atoms with Gasteiger partial charge in [0.05, 0.1) is 13.2 Å². The van der Waals surface area contributed by atoms with E-state index in [4.69, 9.17) is 4.74 Å². The molecule has 7 heteroatoms. The molecular weight excluding hydrogens is 432 g/mol. The first kappa shape index (κ1) is 23.7. The minimum absolute atomic E-state index is 0.0851. The summed E-state index contributed by atoms with van der Waals surface area (Å²) in [6.07, 6.45) is 2.48. The predicted molar refractivity (Wildman–Crippen MR) is 138 cm³/mol. The second-order valence-corrected chi connectivity index (χ2v) is 10.1. The number of hydrogen-bond acceptors (Lipinski definition) is 5. The minimum Gasteiger partial charge on any atom is -0.383 e. The number of carbonyl (C=O) groups excluding carboxylic acids is 1. The summed E-state index contributed by atoms with van der Waals surface area (Å²) >= 11 is 1.60. The third kappa shape index (κ3) is 5.72. The van der Waals surface area contributed by atoms with Crippen molar-refractivity contribution >= 4 is 34.4 Å². The minimum atomic E-state index is 0.0851. The molecule has 4 rings (SSSR count). The van der Waals surface area contributed by atoms with E-state index in [1.807, 2.05) is 18.4 Å². The van der Waals surface area contributed by atoms with E-state index in [-0.39, 0.29) is 5.91 Å². The number of nitrogens with one attached hydrogen (secondary N) is 1. The molecular formula is C26H34N4O2S. The van der Waals surface area contributed by atoms with Gasteiger partial charge in [-0.25, -0.2) is 4.31 Å². The lowest BCUT2D eigenvalue weighted by atomic mass is 10.1. The van der Waals surface area contributed by atoms with Crippen molar-refractivity contribution in [2.45, 2.75) is 24.7 Å². The van der Waals surface area contributed by atoms with Gasteiger partial charge in [0, 0.05) is 66.5 Å². The number of methoxy groups -OCH3 is 1. The van der Waals surface area contributed by atoms with Crippen LogP contribution in [-0.2, 0) is 9.53 Å². The van der Waals surface area contributed by atoms with Crippen LogP contribution in [0.1, 0.15) is 18.4 Å². The summed E-state index contributed by atoms with van der Waals surface area (Å²) in [5.41, 5.74) is 6.04. The molecule has 1 amide bonds. The van der Waals surface area contributed by atoms with Crippen molar-refractivity contribution in [3.8, 4) is 11.3 Å². The summed E-state index contributed by atoms with van der Waals surface area (Å²) in [6.45, 7) is 5.81. The van der Waals surface area contributed by atoms with Crippen LogP contribution in [0.25, 0.3) is 22.2 Å². The van der Waals surface area contributed by atoms with Gasteiger partial charge in [0.15, 0.2) is 0 Å². The van der Waals surface area contributed by atoms with Gasteiger partial charge >= 0.3 is 0 Å². The van der Waals surface area contributed by atoms with Gasteiger partial charge in [-0.15, -0.1) is 0 Å². The van der Waals surface area contributed by atoms with Crippen LogP contribution in [0.4, 0.5) is 5.69 Å². The average molecular weight is 467 g/mol. The van der Waals surface area contributed by atoms with Gasteiger partial charge in [0.25, 0.3) is 0 Å². The van der Waals surface area contributed by atoms with E-state index in [2.05, 4.69) is 59.3 Å². The number of carbonyl (C=O) groups is 1. The van der Waals surface area contributed by atoms with Crippen molar-refractivity contribution in [1.29, 1.82) is 0 Å². The van der Waals surface area contributed by atoms with Crippen molar-refractivity contribution in [3.05, 3.63) is 48.0 Å². The maximum Gasteiger partial charge on any atom is 0.237 e. The van der Waals surface area contributed by atoms with E-state index in [1.165, 1.54) is 35.0 Å². The van der Waals surface area contributed by atoms with Crippen LogP contribution in [0.15, 0.2) is 47.4 Å². The highest BCUT2D eigenvalue weighted by atomic mass is 32.2. The summed E-state index contributed by atoms with van der Waals surface area (Å²) in [7, 11) is 5.44. The molecule has 0 unspecified atom stereocenters. The molecule has 1 aliphatic heterocycles. The second kappa shape index (κ2) is 10.6. The first-order valence-electron chi connectivity index (χ1n) is 11.6. The predicted octanol–water partition coefficient (Wildman–Crippen LogP) is 4.79. The molecule has 0 aliphatic carbocycles. The SMILES string of the molecule is COCCN(C)C(=O)CN(C)Sc1ccc(N2CCCC2)c(-c2cc3ccc(C)cc3[nH]2)c1.